The summed E-state index contributed by atoms with van der Waals surface area (Å²) in [5.74, 6) is -0.125. The molecule has 3 atom stereocenters. The molecular formula is C24H32N4O4. The van der Waals surface area contributed by atoms with E-state index in [4.69, 9.17) is 9.47 Å². The summed E-state index contributed by atoms with van der Waals surface area (Å²) >= 11 is 0. The average Bonchev–Trinajstić information content (AvgIpc) is 3.48. The monoisotopic (exact) mass is 440 g/mol. The lowest BCUT2D eigenvalue weighted by Gasteiger charge is -2.37. The van der Waals surface area contributed by atoms with E-state index in [-0.39, 0.29) is 11.8 Å². The van der Waals surface area contributed by atoms with Crippen molar-refractivity contribution in [1.29, 1.82) is 5.26 Å². The molecule has 0 aromatic heterocycles. The van der Waals surface area contributed by atoms with Gasteiger partial charge in [0.2, 0.25) is 0 Å². The summed E-state index contributed by atoms with van der Waals surface area (Å²) in [6, 6.07) is 10.6. The van der Waals surface area contributed by atoms with E-state index < -0.39 is 17.7 Å². The second-order valence-electron chi connectivity index (χ2n) is 8.79. The van der Waals surface area contributed by atoms with Crippen LogP contribution in [0.4, 0.5) is 4.79 Å². The highest BCUT2D eigenvalue weighted by Crippen LogP contribution is 2.37. The Morgan fingerprint density at radius 1 is 1.38 bits per heavy atom. The molecule has 1 aromatic carbocycles. The number of hydrogen-bond acceptors (Lipinski definition) is 6. The molecule has 2 aliphatic heterocycles. The SMILES string of the molecule is CCN(C(=O)C(CC1CCc2ccccc21)OC(=O)N1CCOCC1)C1(C#N)CCNC1. The number of rotatable bonds is 6. The van der Waals surface area contributed by atoms with Crippen LogP contribution in [0.5, 0.6) is 0 Å². The molecule has 8 heteroatoms. The minimum atomic E-state index is -0.924. The number of ether oxygens (including phenoxy) is 2. The maximum Gasteiger partial charge on any atom is 0.410 e. The Morgan fingerprint density at radius 3 is 2.84 bits per heavy atom. The summed E-state index contributed by atoms with van der Waals surface area (Å²) in [4.78, 5) is 29.9. The van der Waals surface area contributed by atoms with Gasteiger partial charge in [0.1, 0.15) is 5.54 Å². The first kappa shape index (κ1) is 22.6. The van der Waals surface area contributed by atoms with Gasteiger partial charge in [0.05, 0.1) is 19.3 Å². The van der Waals surface area contributed by atoms with Crippen molar-refractivity contribution in [3.8, 4) is 6.07 Å². The molecule has 0 radical (unpaired) electrons. The molecule has 0 spiro atoms. The topological polar surface area (TPSA) is 94.9 Å². The normalized spacial score (nSPS) is 25.6. The number of carbonyl (C=O) groups excluding carboxylic acids is 2. The lowest BCUT2D eigenvalue weighted by molar-refractivity contribution is -0.145. The van der Waals surface area contributed by atoms with Crippen LogP contribution in [0.25, 0.3) is 0 Å². The third-order valence-corrected chi connectivity index (χ3v) is 6.98. The van der Waals surface area contributed by atoms with Gasteiger partial charge in [-0.15, -0.1) is 0 Å². The Bertz CT molecular complexity index is 871. The molecule has 0 bridgehead atoms. The third-order valence-electron chi connectivity index (χ3n) is 6.98. The fraction of sp³-hybridized carbons (Fsp3) is 0.625. The number of hydrogen-bond donors (Lipinski definition) is 1. The third kappa shape index (κ3) is 4.45. The molecule has 8 nitrogen and oxygen atoms in total. The second-order valence-corrected chi connectivity index (χ2v) is 8.79. The van der Waals surface area contributed by atoms with Crippen LogP contribution in [0.3, 0.4) is 0 Å². The van der Waals surface area contributed by atoms with E-state index in [0.717, 1.165) is 12.8 Å². The number of nitriles is 1. The van der Waals surface area contributed by atoms with Gasteiger partial charge in [-0.2, -0.15) is 5.26 Å². The number of amides is 2. The van der Waals surface area contributed by atoms with Crippen molar-refractivity contribution in [3.63, 3.8) is 0 Å². The quantitative estimate of drug-likeness (QED) is 0.728. The summed E-state index contributed by atoms with van der Waals surface area (Å²) in [6.45, 7) is 5.22. The Hall–Kier alpha value is -2.63. The van der Waals surface area contributed by atoms with Crippen LogP contribution >= 0.6 is 0 Å². The zero-order valence-electron chi connectivity index (χ0n) is 18.7. The standard InChI is InChI=1S/C24H32N4O4/c1-2-28(24(16-25)9-10-26-17-24)22(29)21(32-23(30)27-11-13-31-14-12-27)15-19-8-7-18-5-3-4-6-20(18)19/h3-6,19,21,26H,2,7-15,17H2,1H3. The molecule has 2 amide bonds. The van der Waals surface area contributed by atoms with Gasteiger partial charge in [-0.1, -0.05) is 24.3 Å². The van der Waals surface area contributed by atoms with E-state index in [1.165, 1.54) is 11.1 Å². The summed E-state index contributed by atoms with van der Waals surface area (Å²) in [7, 11) is 0. The Morgan fingerprint density at radius 2 is 2.16 bits per heavy atom. The van der Waals surface area contributed by atoms with Crippen LogP contribution in [-0.4, -0.2) is 79.4 Å². The molecule has 32 heavy (non-hydrogen) atoms. The number of fused-ring (bicyclic) bond motifs is 1. The number of benzene rings is 1. The predicted octanol–water partition coefficient (Wildman–Crippen LogP) is 2.05. The van der Waals surface area contributed by atoms with Crippen molar-refractivity contribution >= 4 is 12.0 Å². The minimum Gasteiger partial charge on any atom is -0.436 e. The highest BCUT2D eigenvalue weighted by Gasteiger charge is 2.45. The van der Waals surface area contributed by atoms with Crippen molar-refractivity contribution in [2.24, 2.45) is 0 Å². The first-order valence-electron chi connectivity index (χ1n) is 11.6. The van der Waals surface area contributed by atoms with E-state index in [9.17, 15) is 14.9 Å². The van der Waals surface area contributed by atoms with Gasteiger partial charge in [-0.3, -0.25) is 4.79 Å². The van der Waals surface area contributed by atoms with Crippen molar-refractivity contribution in [2.75, 3.05) is 45.9 Å². The zero-order chi connectivity index (χ0) is 22.6. The first-order valence-corrected chi connectivity index (χ1v) is 11.6. The number of morpholine rings is 1. The fourth-order valence-corrected chi connectivity index (χ4v) is 5.20. The van der Waals surface area contributed by atoms with Crippen molar-refractivity contribution < 1.29 is 19.1 Å². The summed E-state index contributed by atoms with van der Waals surface area (Å²) in [5.41, 5.74) is 1.63. The molecule has 0 saturated carbocycles. The van der Waals surface area contributed by atoms with E-state index in [1.807, 2.05) is 19.1 Å². The molecule has 2 fully saturated rings. The van der Waals surface area contributed by atoms with Gasteiger partial charge in [0, 0.05) is 32.6 Å². The summed E-state index contributed by atoms with van der Waals surface area (Å²) in [5, 5.41) is 13.1. The van der Waals surface area contributed by atoms with E-state index in [1.54, 1.807) is 9.80 Å². The van der Waals surface area contributed by atoms with Crippen LogP contribution in [-0.2, 0) is 20.7 Å². The second kappa shape index (κ2) is 9.88. The molecule has 1 N–H and O–H groups in total. The van der Waals surface area contributed by atoms with Gasteiger partial charge >= 0.3 is 6.09 Å². The molecule has 2 heterocycles. The number of aryl methyl sites for hydroxylation is 1. The van der Waals surface area contributed by atoms with Crippen LogP contribution < -0.4 is 5.32 Å². The molecule has 3 aliphatic rings. The van der Waals surface area contributed by atoms with E-state index >= 15 is 0 Å². The van der Waals surface area contributed by atoms with Gasteiger partial charge < -0.3 is 24.6 Å². The molecule has 3 unspecified atom stereocenters. The lowest BCUT2D eigenvalue weighted by atomic mass is 9.92. The van der Waals surface area contributed by atoms with Crippen molar-refractivity contribution in [2.45, 2.75) is 50.2 Å². The molecule has 1 aliphatic carbocycles. The van der Waals surface area contributed by atoms with Gasteiger partial charge in [-0.05, 0) is 49.8 Å². The van der Waals surface area contributed by atoms with Crippen molar-refractivity contribution in [1.82, 2.24) is 15.1 Å². The average molecular weight is 441 g/mol. The van der Waals surface area contributed by atoms with Crippen LogP contribution in [0.15, 0.2) is 24.3 Å². The summed E-state index contributed by atoms with van der Waals surface area (Å²) in [6.07, 6.45) is 1.48. The lowest BCUT2D eigenvalue weighted by Crippen LogP contribution is -2.56. The molecule has 4 rings (SSSR count). The first-order chi connectivity index (χ1) is 15.6. The van der Waals surface area contributed by atoms with Crippen molar-refractivity contribution in [3.05, 3.63) is 35.4 Å². The van der Waals surface area contributed by atoms with Crippen LogP contribution in [0.2, 0.25) is 0 Å². The molecule has 1 aromatic rings. The molecular weight excluding hydrogens is 408 g/mol. The number of nitrogens with zero attached hydrogens (tertiary/aromatic N) is 3. The number of likely N-dealkylation sites (N-methyl/N-ethyl adjacent to an activating group) is 1. The number of nitrogens with one attached hydrogen (secondary N) is 1. The van der Waals surface area contributed by atoms with Gasteiger partial charge in [-0.25, -0.2) is 4.79 Å². The van der Waals surface area contributed by atoms with Gasteiger partial charge in [0.15, 0.2) is 6.10 Å². The fourth-order valence-electron chi connectivity index (χ4n) is 5.20. The highest BCUT2D eigenvalue weighted by atomic mass is 16.6. The zero-order valence-corrected chi connectivity index (χ0v) is 18.7. The van der Waals surface area contributed by atoms with E-state index in [0.29, 0.717) is 58.8 Å². The van der Waals surface area contributed by atoms with Crippen LogP contribution in [0, 0.1) is 11.3 Å². The molecule has 2 saturated heterocycles. The molecule has 172 valence electrons. The Balaban J connectivity index is 1.57. The smallest absolute Gasteiger partial charge is 0.410 e. The Labute approximate surface area is 189 Å². The maximum atomic E-state index is 13.8. The minimum absolute atomic E-state index is 0.149. The van der Waals surface area contributed by atoms with E-state index in [2.05, 4.69) is 23.5 Å². The highest BCUT2D eigenvalue weighted by molar-refractivity contribution is 5.85. The maximum absolute atomic E-state index is 13.8. The Kier molecular flexibility index (Phi) is 6.97. The number of carbonyl (C=O) groups is 2. The predicted molar refractivity (Wildman–Crippen MR) is 118 cm³/mol. The summed E-state index contributed by atoms with van der Waals surface area (Å²) < 4.78 is 11.2. The van der Waals surface area contributed by atoms with Crippen LogP contribution in [0.1, 0.15) is 43.2 Å². The van der Waals surface area contributed by atoms with Gasteiger partial charge in [0.25, 0.3) is 5.91 Å². The largest absolute Gasteiger partial charge is 0.436 e.